The molecule has 6 nitrogen and oxygen atoms in total. The van der Waals surface area contributed by atoms with Crippen LogP contribution in [0.3, 0.4) is 0 Å². The van der Waals surface area contributed by atoms with Crippen LogP contribution in [0.15, 0.2) is 36.4 Å². The van der Waals surface area contributed by atoms with Crippen LogP contribution in [0.5, 0.6) is 5.88 Å². The Labute approximate surface area is 198 Å². The van der Waals surface area contributed by atoms with Gasteiger partial charge < -0.3 is 15.1 Å². The van der Waals surface area contributed by atoms with E-state index < -0.39 is 0 Å². The molecule has 2 aromatic rings. The summed E-state index contributed by atoms with van der Waals surface area (Å²) in [6.07, 6.45) is 10.1. The van der Waals surface area contributed by atoms with Crippen molar-refractivity contribution in [2.24, 2.45) is 11.3 Å². The van der Waals surface area contributed by atoms with Crippen LogP contribution >= 0.6 is 0 Å². The topological polar surface area (TPSA) is 66.7 Å². The SMILES string of the molecule is Cc1c(NN)cc(OC2CCCCC2)nc1N1CCC2(CCN(Cc3ccccc3)CC2)C1. The zero-order chi connectivity index (χ0) is 22.7. The van der Waals surface area contributed by atoms with Crippen molar-refractivity contribution in [1.29, 1.82) is 0 Å². The highest BCUT2D eigenvalue weighted by molar-refractivity contribution is 5.64. The fourth-order valence-electron chi connectivity index (χ4n) is 6.00. The Bertz CT molecular complexity index is 920. The third-order valence-corrected chi connectivity index (χ3v) is 8.12. The molecule has 3 aliphatic rings. The van der Waals surface area contributed by atoms with Crippen molar-refractivity contribution in [2.75, 3.05) is 36.5 Å². The number of anilines is 2. The van der Waals surface area contributed by atoms with Crippen molar-refractivity contribution >= 4 is 11.5 Å². The number of pyridine rings is 1. The standard InChI is InChI=1S/C27H39N5O/c1-21-24(30-28)18-25(33-23-10-6-3-7-11-23)29-26(21)32-17-14-27(20-32)12-15-31(16-13-27)19-22-8-4-2-5-9-22/h2,4-5,8-9,18,23H,3,6-7,10-17,19-20,28H2,1H3,(H,29,30). The van der Waals surface area contributed by atoms with Gasteiger partial charge in [-0.1, -0.05) is 36.8 Å². The summed E-state index contributed by atoms with van der Waals surface area (Å²) in [4.78, 5) is 10.1. The molecule has 0 bridgehead atoms. The lowest BCUT2D eigenvalue weighted by molar-refractivity contribution is 0.115. The monoisotopic (exact) mass is 449 g/mol. The van der Waals surface area contributed by atoms with Crippen LogP contribution in [0.2, 0.25) is 0 Å². The second-order valence-corrected chi connectivity index (χ2v) is 10.4. The highest BCUT2D eigenvalue weighted by Gasteiger charge is 2.41. The van der Waals surface area contributed by atoms with Crippen molar-refractivity contribution in [3.63, 3.8) is 0 Å². The van der Waals surface area contributed by atoms with Crippen molar-refractivity contribution < 1.29 is 4.74 Å². The summed E-state index contributed by atoms with van der Waals surface area (Å²) in [5.74, 6) is 7.64. The van der Waals surface area contributed by atoms with E-state index in [2.05, 4.69) is 52.5 Å². The predicted molar refractivity (Wildman–Crippen MR) is 135 cm³/mol. The van der Waals surface area contributed by atoms with Gasteiger partial charge in [-0.15, -0.1) is 0 Å². The van der Waals surface area contributed by atoms with Crippen LogP contribution in [0.1, 0.15) is 62.5 Å². The van der Waals surface area contributed by atoms with Gasteiger partial charge in [0.1, 0.15) is 11.9 Å². The molecule has 5 rings (SSSR count). The third-order valence-electron chi connectivity index (χ3n) is 8.12. The van der Waals surface area contributed by atoms with Crippen LogP contribution in [0.4, 0.5) is 11.5 Å². The van der Waals surface area contributed by atoms with Crippen LogP contribution in [-0.2, 0) is 6.54 Å². The normalized spacial score (nSPS) is 21.5. The van der Waals surface area contributed by atoms with Gasteiger partial charge in [0.05, 0.1) is 5.69 Å². The second-order valence-electron chi connectivity index (χ2n) is 10.4. The molecule has 3 fully saturated rings. The fraction of sp³-hybridized carbons (Fsp3) is 0.593. The lowest BCUT2D eigenvalue weighted by atomic mass is 9.77. The summed E-state index contributed by atoms with van der Waals surface area (Å²) in [6.45, 7) is 7.67. The van der Waals surface area contributed by atoms with Crippen LogP contribution in [0.25, 0.3) is 0 Å². The molecule has 1 spiro atoms. The minimum Gasteiger partial charge on any atom is -0.474 e. The molecule has 3 heterocycles. The van der Waals surface area contributed by atoms with Crippen LogP contribution in [0, 0.1) is 12.3 Å². The van der Waals surface area contributed by atoms with Crippen LogP contribution in [-0.4, -0.2) is 42.2 Å². The number of benzene rings is 1. The molecular formula is C27H39N5O. The number of piperidine rings is 1. The molecule has 3 N–H and O–H groups in total. The maximum atomic E-state index is 6.32. The number of rotatable bonds is 6. The summed E-state index contributed by atoms with van der Waals surface area (Å²) in [5.41, 5.74) is 6.74. The first-order chi connectivity index (χ1) is 16.1. The summed E-state index contributed by atoms with van der Waals surface area (Å²) in [7, 11) is 0. The number of likely N-dealkylation sites (tertiary alicyclic amines) is 1. The maximum Gasteiger partial charge on any atom is 0.217 e. The summed E-state index contributed by atoms with van der Waals surface area (Å²) in [6, 6.07) is 12.8. The molecule has 2 aliphatic heterocycles. The first-order valence-corrected chi connectivity index (χ1v) is 12.8. The summed E-state index contributed by atoms with van der Waals surface area (Å²) in [5, 5.41) is 0. The zero-order valence-corrected chi connectivity index (χ0v) is 20.1. The van der Waals surface area contributed by atoms with E-state index in [1.165, 1.54) is 57.2 Å². The predicted octanol–water partition coefficient (Wildman–Crippen LogP) is 4.88. The van der Waals surface area contributed by atoms with E-state index in [-0.39, 0.29) is 6.10 Å². The number of hydrazine groups is 1. The Morgan fingerprint density at radius 3 is 2.52 bits per heavy atom. The van der Waals surface area contributed by atoms with Gasteiger partial charge in [0.25, 0.3) is 0 Å². The number of nitrogens with zero attached hydrogens (tertiary/aromatic N) is 3. The molecule has 1 aromatic carbocycles. The first kappa shape index (κ1) is 22.5. The summed E-state index contributed by atoms with van der Waals surface area (Å²) < 4.78 is 6.32. The van der Waals surface area contributed by atoms with Crippen molar-refractivity contribution in [3.8, 4) is 5.88 Å². The van der Waals surface area contributed by atoms with Crippen molar-refractivity contribution in [1.82, 2.24) is 9.88 Å². The Morgan fingerprint density at radius 1 is 1.06 bits per heavy atom. The Hall–Kier alpha value is -2.31. The smallest absolute Gasteiger partial charge is 0.217 e. The molecule has 2 saturated heterocycles. The third kappa shape index (κ3) is 5.12. The minimum atomic E-state index is 0.284. The number of aromatic nitrogens is 1. The quantitative estimate of drug-likeness (QED) is 0.484. The number of hydrogen-bond donors (Lipinski definition) is 2. The van der Waals surface area contributed by atoms with Crippen molar-refractivity contribution in [2.45, 2.75) is 70.9 Å². The van der Waals surface area contributed by atoms with Gasteiger partial charge in [-0.25, -0.2) is 0 Å². The second kappa shape index (κ2) is 9.90. The van der Waals surface area contributed by atoms with Gasteiger partial charge in [0.15, 0.2) is 0 Å². The van der Waals surface area contributed by atoms with Gasteiger partial charge in [-0.05, 0) is 75.9 Å². The number of nitrogens with one attached hydrogen (secondary N) is 1. The molecule has 0 unspecified atom stereocenters. The molecule has 6 heteroatoms. The van der Waals surface area contributed by atoms with E-state index in [1.807, 2.05) is 6.07 Å². The fourth-order valence-corrected chi connectivity index (χ4v) is 6.00. The summed E-state index contributed by atoms with van der Waals surface area (Å²) >= 11 is 0. The molecule has 178 valence electrons. The Morgan fingerprint density at radius 2 is 1.79 bits per heavy atom. The highest BCUT2D eigenvalue weighted by Crippen LogP contribution is 2.43. The lowest BCUT2D eigenvalue weighted by Gasteiger charge is -2.39. The number of nitrogens with two attached hydrogens (primary N) is 1. The largest absolute Gasteiger partial charge is 0.474 e. The molecule has 33 heavy (non-hydrogen) atoms. The van der Waals surface area contributed by atoms with E-state index in [0.29, 0.717) is 11.3 Å². The zero-order valence-electron chi connectivity index (χ0n) is 20.1. The van der Waals surface area contributed by atoms with E-state index in [9.17, 15) is 0 Å². The lowest BCUT2D eigenvalue weighted by Crippen LogP contribution is -2.41. The van der Waals surface area contributed by atoms with Gasteiger partial charge in [-0.3, -0.25) is 10.7 Å². The number of ether oxygens (including phenoxy) is 1. The average molecular weight is 450 g/mol. The Balaban J connectivity index is 1.25. The molecule has 1 saturated carbocycles. The highest BCUT2D eigenvalue weighted by atomic mass is 16.5. The van der Waals surface area contributed by atoms with E-state index in [1.54, 1.807) is 0 Å². The molecule has 1 aromatic heterocycles. The van der Waals surface area contributed by atoms with Crippen molar-refractivity contribution in [3.05, 3.63) is 47.5 Å². The minimum absolute atomic E-state index is 0.284. The van der Waals surface area contributed by atoms with Gasteiger partial charge in [0, 0.05) is 31.3 Å². The number of hydrogen-bond acceptors (Lipinski definition) is 6. The van der Waals surface area contributed by atoms with Crippen LogP contribution < -0.4 is 20.9 Å². The molecule has 0 radical (unpaired) electrons. The maximum absolute atomic E-state index is 6.32. The van der Waals surface area contributed by atoms with Gasteiger partial charge >= 0.3 is 0 Å². The molecule has 1 aliphatic carbocycles. The first-order valence-electron chi connectivity index (χ1n) is 12.8. The average Bonchev–Trinajstić information content (AvgIpc) is 3.26. The number of nitrogen functional groups attached to an aromatic ring is 1. The Kier molecular flexibility index (Phi) is 6.74. The van der Waals surface area contributed by atoms with Gasteiger partial charge in [0.2, 0.25) is 5.88 Å². The molecule has 0 atom stereocenters. The molecular weight excluding hydrogens is 410 g/mol. The van der Waals surface area contributed by atoms with Gasteiger partial charge in [-0.2, -0.15) is 4.98 Å². The van der Waals surface area contributed by atoms with E-state index in [0.717, 1.165) is 49.5 Å². The molecule has 0 amide bonds. The van der Waals surface area contributed by atoms with E-state index >= 15 is 0 Å². The van der Waals surface area contributed by atoms with E-state index in [4.69, 9.17) is 15.6 Å².